The molecule has 0 spiro atoms. The quantitative estimate of drug-likeness (QED) is 0.629. The van der Waals surface area contributed by atoms with Gasteiger partial charge >= 0.3 is 0 Å². The summed E-state index contributed by atoms with van der Waals surface area (Å²) < 4.78 is 10.6. The van der Waals surface area contributed by atoms with Crippen LogP contribution in [-0.2, 0) is 6.42 Å². The monoisotopic (exact) mass is 425 g/mol. The molecule has 1 saturated heterocycles. The second kappa shape index (κ2) is 9.90. The molecule has 1 amide bonds. The molecule has 7 heteroatoms. The fourth-order valence-corrected chi connectivity index (χ4v) is 4.02. The first-order chi connectivity index (χ1) is 14.8. The van der Waals surface area contributed by atoms with Crippen LogP contribution in [0.3, 0.4) is 0 Å². The van der Waals surface area contributed by atoms with E-state index in [9.17, 15) is 9.59 Å². The van der Waals surface area contributed by atoms with Gasteiger partial charge in [0.25, 0.3) is 5.91 Å². The third-order valence-corrected chi connectivity index (χ3v) is 5.47. The lowest BCUT2D eigenvalue weighted by molar-refractivity contribution is 0.0631. The van der Waals surface area contributed by atoms with Gasteiger partial charge in [0.15, 0.2) is 17.3 Å². The molecule has 166 valence electrons. The van der Waals surface area contributed by atoms with Gasteiger partial charge in [0, 0.05) is 30.3 Å². The molecule has 0 bridgehead atoms. The van der Waals surface area contributed by atoms with Gasteiger partial charge in [0.05, 0.1) is 14.2 Å². The summed E-state index contributed by atoms with van der Waals surface area (Å²) in [6.45, 7) is 7.05. The summed E-state index contributed by atoms with van der Waals surface area (Å²) in [6, 6.07) is 6.97. The minimum Gasteiger partial charge on any atom is -0.493 e. The summed E-state index contributed by atoms with van der Waals surface area (Å²) in [6.07, 6.45) is 2.32. The number of piperidine rings is 1. The number of benzene rings is 1. The first-order valence-electron chi connectivity index (χ1n) is 10.7. The minimum atomic E-state index is -0.256. The Morgan fingerprint density at radius 3 is 2.55 bits per heavy atom. The van der Waals surface area contributed by atoms with Crippen LogP contribution in [0.2, 0.25) is 0 Å². The van der Waals surface area contributed by atoms with Crippen molar-refractivity contribution in [3.05, 3.63) is 47.0 Å². The van der Waals surface area contributed by atoms with Crippen LogP contribution in [0.4, 0.5) is 0 Å². The molecular formula is C24H31N3O4. The Kier molecular flexibility index (Phi) is 7.25. The zero-order valence-electron chi connectivity index (χ0n) is 19.0. The maximum Gasteiger partial charge on any atom is 0.272 e. The van der Waals surface area contributed by atoms with Crippen LogP contribution < -0.4 is 9.47 Å². The largest absolute Gasteiger partial charge is 0.493 e. The third kappa shape index (κ3) is 5.40. The Labute approximate surface area is 183 Å². The van der Waals surface area contributed by atoms with E-state index < -0.39 is 0 Å². The van der Waals surface area contributed by atoms with Gasteiger partial charge in [-0.3, -0.25) is 9.59 Å². The number of hydrogen-bond acceptors (Lipinski definition) is 6. The molecule has 1 aliphatic rings. The summed E-state index contributed by atoms with van der Waals surface area (Å²) in [4.78, 5) is 36.9. The third-order valence-electron chi connectivity index (χ3n) is 5.47. The molecule has 1 aliphatic heterocycles. The summed E-state index contributed by atoms with van der Waals surface area (Å²) >= 11 is 0. The number of rotatable bonds is 7. The highest BCUT2D eigenvalue weighted by Crippen LogP contribution is 2.30. The molecule has 2 heterocycles. The van der Waals surface area contributed by atoms with Gasteiger partial charge in [0.2, 0.25) is 0 Å². The van der Waals surface area contributed by atoms with Crippen molar-refractivity contribution in [1.82, 2.24) is 14.9 Å². The number of methoxy groups -OCH3 is 2. The van der Waals surface area contributed by atoms with Crippen molar-refractivity contribution in [3.8, 4) is 11.5 Å². The molecule has 1 atom stereocenters. The van der Waals surface area contributed by atoms with Gasteiger partial charge in [-0.1, -0.05) is 13.8 Å². The van der Waals surface area contributed by atoms with E-state index in [1.54, 1.807) is 50.3 Å². The van der Waals surface area contributed by atoms with E-state index in [0.29, 0.717) is 47.6 Å². The highest BCUT2D eigenvalue weighted by Gasteiger charge is 2.30. The van der Waals surface area contributed by atoms with E-state index in [1.807, 2.05) is 0 Å². The van der Waals surface area contributed by atoms with Crippen molar-refractivity contribution in [1.29, 1.82) is 0 Å². The van der Waals surface area contributed by atoms with E-state index in [-0.39, 0.29) is 17.6 Å². The molecular weight excluding hydrogens is 394 g/mol. The standard InChI is InChI=1S/C24H31N3O4/c1-15(2)11-19-13-20(26-16(3)25-19)24(29)27-10-6-7-18(14-27)23(28)17-8-9-21(30-4)22(12-17)31-5/h8-9,12-13,15,18H,6-7,10-11,14H2,1-5H3. The van der Waals surface area contributed by atoms with Crippen LogP contribution in [0.25, 0.3) is 0 Å². The number of ketones is 1. The van der Waals surface area contributed by atoms with E-state index in [2.05, 4.69) is 23.8 Å². The number of amides is 1. The predicted molar refractivity (Wildman–Crippen MR) is 118 cm³/mol. The Morgan fingerprint density at radius 1 is 1.13 bits per heavy atom. The van der Waals surface area contributed by atoms with Crippen molar-refractivity contribution in [2.45, 2.75) is 40.0 Å². The van der Waals surface area contributed by atoms with Crippen molar-refractivity contribution < 1.29 is 19.1 Å². The van der Waals surface area contributed by atoms with Crippen LogP contribution in [0.1, 0.15) is 59.1 Å². The SMILES string of the molecule is COc1ccc(C(=O)C2CCCN(C(=O)c3cc(CC(C)C)nc(C)n3)C2)cc1OC. The zero-order chi connectivity index (χ0) is 22.5. The Balaban J connectivity index is 1.77. The zero-order valence-corrected chi connectivity index (χ0v) is 19.0. The lowest BCUT2D eigenvalue weighted by Gasteiger charge is -2.32. The summed E-state index contributed by atoms with van der Waals surface area (Å²) in [5.74, 6) is 1.75. The van der Waals surface area contributed by atoms with E-state index in [1.165, 1.54) is 0 Å². The van der Waals surface area contributed by atoms with Crippen LogP contribution >= 0.6 is 0 Å². The van der Waals surface area contributed by atoms with Crippen molar-refractivity contribution in [2.75, 3.05) is 27.3 Å². The molecule has 0 aliphatic carbocycles. The smallest absolute Gasteiger partial charge is 0.272 e. The van der Waals surface area contributed by atoms with Gasteiger partial charge in [-0.25, -0.2) is 9.97 Å². The predicted octanol–water partition coefficient (Wildman–Crippen LogP) is 3.74. The van der Waals surface area contributed by atoms with Crippen molar-refractivity contribution >= 4 is 11.7 Å². The number of aryl methyl sites for hydroxylation is 1. The maximum atomic E-state index is 13.2. The fraction of sp³-hybridized carbons (Fsp3) is 0.500. The molecule has 31 heavy (non-hydrogen) atoms. The molecule has 1 aromatic heterocycles. The molecule has 1 aromatic carbocycles. The van der Waals surface area contributed by atoms with Crippen molar-refractivity contribution in [3.63, 3.8) is 0 Å². The Bertz CT molecular complexity index is 958. The van der Waals surface area contributed by atoms with E-state index in [0.717, 1.165) is 25.0 Å². The number of carbonyl (C=O) groups excluding carboxylic acids is 2. The van der Waals surface area contributed by atoms with Crippen LogP contribution in [0.15, 0.2) is 24.3 Å². The van der Waals surface area contributed by atoms with Gasteiger partial charge in [0.1, 0.15) is 11.5 Å². The second-order valence-electron chi connectivity index (χ2n) is 8.41. The highest BCUT2D eigenvalue weighted by atomic mass is 16.5. The van der Waals surface area contributed by atoms with Crippen LogP contribution in [0, 0.1) is 18.8 Å². The maximum absolute atomic E-state index is 13.2. The first kappa shape index (κ1) is 22.7. The van der Waals surface area contributed by atoms with Crippen LogP contribution in [0.5, 0.6) is 11.5 Å². The topological polar surface area (TPSA) is 81.6 Å². The second-order valence-corrected chi connectivity index (χ2v) is 8.41. The molecule has 1 fully saturated rings. The number of hydrogen-bond donors (Lipinski definition) is 0. The number of carbonyl (C=O) groups is 2. The Hall–Kier alpha value is -2.96. The van der Waals surface area contributed by atoms with E-state index >= 15 is 0 Å². The summed E-state index contributed by atoms with van der Waals surface area (Å²) in [5, 5.41) is 0. The number of likely N-dealkylation sites (tertiary alicyclic amines) is 1. The average molecular weight is 426 g/mol. The van der Waals surface area contributed by atoms with Gasteiger partial charge < -0.3 is 14.4 Å². The number of aromatic nitrogens is 2. The summed E-state index contributed by atoms with van der Waals surface area (Å²) in [7, 11) is 3.11. The summed E-state index contributed by atoms with van der Waals surface area (Å²) in [5.41, 5.74) is 1.84. The highest BCUT2D eigenvalue weighted by molar-refractivity contribution is 5.99. The molecule has 2 aromatic rings. The first-order valence-corrected chi connectivity index (χ1v) is 10.7. The van der Waals surface area contributed by atoms with Gasteiger partial charge in [-0.15, -0.1) is 0 Å². The number of nitrogens with zero attached hydrogens (tertiary/aromatic N) is 3. The molecule has 3 rings (SSSR count). The Morgan fingerprint density at radius 2 is 1.87 bits per heavy atom. The van der Waals surface area contributed by atoms with Crippen molar-refractivity contribution in [2.24, 2.45) is 11.8 Å². The lowest BCUT2D eigenvalue weighted by Crippen LogP contribution is -2.42. The van der Waals surface area contributed by atoms with Crippen LogP contribution in [-0.4, -0.2) is 53.9 Å². The van der Waals surface area contributed by atoms with Gasteiger partial charge in [-0.2, -0.15) is 0 Å². The van der Waals surface area contributed by atoms with Gasteiger partial charge in [-0.05, 0) is 56.4 Å². The molecule has 0 N–H and O–H groups in total. The van der Waals surface area contributed by atoms with E-state index in [4.69, 9.17) is 9.47 Å². The average Bonchev–Trinajstić information content (AvgIpc) is 2.76. The minimum absolute atomic E-state index is 0.0119. The molecule has 0 saturated carbocycles. The number of ether oxygens (including phenoxy) is 2. The molecule has 1 unspecified atom stereocenters. The normalized spacial score (nSPS) is 16.3. The molecule has 7 nitrogen and oxygen atoms in total. The molecule has 0 radical (unpaired) electrons. The number of Topliss-reactive ketones (excluding diaryl/α,β-unsaturated/α-hetero) is 1. The lowest BCUT2D eigenvalue weighted by atomic mass is 9.89. The fourth-order valence-electron chi connectivity index (χ4n) is 4.02.